The molecule has 3 nitrogen and oxygen atoms in total. The average Bonchev–Trinajstić information content (AvgIpc) is 2.86. The number of hydrogen-bond donors (Lipinski definition) is 1. The van der Waals surface area contributed by atoms with Gasteiger partial charge in [-0.3, -0.25) is 0 Å². The van der Waals surface area contributed by atoms with Crippen LogP contribution in [0.1, 0.15) is 30.0 Å². The van der Waals surface area contributed by atoms with Gasteiger partial charge in [0.25, 0.3) is 0 Å². The highest BCUT2D eigenvalue weighted by Gasteiger charge is 2.18. The maximum atomic E-state index is 5.86. The quantitative estimate of drug-likeness (QED) is 0.786. The number of hydrogen-bond acceptors (Lipinski definition) is 3. The van der Waals surface area contributed by atoms with Gasteiger partial charge in [-0.05, 0) is 52.9 Å². The van der Waals surface area contributed by atoms with Crippen molar-refractivity contribution in [1.29, 1.82) is 0 Å². The van der Waals surface area contributed by atoms with Crippen molar-refractivity contribution in [2.45, 2.75) is 19.6 Å². The Labute approximate surface area is 127 Å². The van der Waals surface area contributed by atoms with Gasteiger partial charge < -0.3 is 14.5 Å². The summed E-state index contributed by atoms with van der Waals surface area (Å²) in [4.78, 5) is 0. The lowest BCUT2D eigenvalue weighted by Crippen LogP contribution is -2.22. The second kappa shape index (κ2) is 7.07. The van der Waals surface area contributed by atoms with Crippen molar-refractivity contribution < 1.29 is 9.15 Å². The van der Waals surface area contributed by atoms with Crippen molar-refractivity contribution in [3.05, 3.63) is 57.1 Å². The molecule has 0 saturated heterocycles. The van der Waals surface area contributed by atoms with Gasteiger partial charge in [0.2, 0.25) is 0 Å². The van der Waals surface area contributed by atoms with Gasteiger partial charge in [0.05, 0.1) is 6.04 Å². The van der Waals surface area contributed by atoms with Crippen LogP contribution < -0.4 is 5.32 Å². The van der Waals surface area contributed by atoms with Gasteiger partial charge in [-0.15, -0.1) is 0 Å². The minimum Gasteiger partial charge on any atom is -0.462 e. The lowest BCUT2D eigenvalue weighted by molar-refractivity contribution is 0.162. The molecule has 0 aliphatic rings. The molecule has 0 amide bonds. The molecular weight excluding hydrogens is 353 g/mol. The molecule has 102 valence electrons. The van der Waals surface area contributed by atoms with Gasteiger partial charge in [0.1, 0.15) is 18.1 Å². The Balaban J connectivity index is 2.31. The van der Waals surface area contributed by atoms with Gasteiger partial charge in [-0.25, -0.2) is 0 Å². The van der Waals surface area contributed by atoms with Crippen LogP contribution in [0.15, 0.2) is 40.8 Å². The first-order chi connectivity index (χ1) is 9.26. The summed E-state index contributed by atoms with van der Waals surface area (Å²) in [6, 6.07) is 12.4. The third-order valence-electron chi connectivity index (χ3n) is 2.88. The van der Waals surface area contributed by atoms with Crippen LogP contribution in [0.3, 0.4) is 0 Å². The summed E-state index contributed by atoms with van der Waals surface area (Å²) >= 11 is 2.36. The number of nitrogens with one attached hydrogen (secondary N) is 1. The van der Waals surface area contributed by atoms with Crippen LogP contribution in [0, 0.1) is 3.57 Å². The van der Waals surface area contributed by atoms with Crippen molar-refractivity contribution in [3.8, 4) is 0 Å². The topological polar surface area (TPSA) is 34.4 Å². The van der Waals surface area contributed by atoms with Crippen molar-refractivity contribution in [1.82, 2.24) is 5.32 Å². The zero-order valence-electron chi connectivity index (χ0n) is 11.2. The number of rotatable bonds is 6. The SMILES string of the molecule is CCNC(c1ccc(COC)o1)c1ccccc1I. The molecular formula is C15H18INO2. The smallest absolute Gasteiger partial charge is 0.129 e. The number of halogens is 1. The highest BCUT2D eigenvalue weighted by molar-refractivity contribution is 14.1. The molecule has 2 rings (SSSR count). The van der Waals surface area contributed by atoms with Crippen LogP contribution in [-0.4, -0.2) is 13.7 Å². The fraction of sp³-hybridized carbons (Fsp3) is 0.333. The molecule has 4 heteroatoms. The predicted octanol–water partition coefficient (Wildman–Crippen LogP) is 3.73. The molecule has 19 heavy (non-hydrogen) atoms. The molecule has 1 N–H and O–H groups in total. The molecule has 0 radical (unpaired) electrons. The third-order valence-corrected chi connectivity index (χ3v) is 3.86. The molecule has 1 unspecified atom stereocenters. The Hall–Kier alpha value is -0.850. The minimum atomic E-state index is 0.0868. The monoisotopic (exact) mass is 371 g/mol. The fourth-order valence-electron chi connectivity index (χ4n) is 2.05. The van der Waals surface area contributed by atoms with Crippen LogP contribution in [0.5, 0.6) is 0 Å². The molecule has 0 aliphatic heterocycles. The lowest BCUT2D eigenvalue weighted by Gasteiger charge is -2.17. The average molecular weight is 371 g/mol. The van der Waals surface area contributed by atoms with Gasteiger partial charge in [0, 0.05) is 10.7 Å². The van der Waals surface area contributed by atoms with E-state index in [9.17, 15) is 0 Å². The molecule has 1 aromatic carbocycles. The van der Waals surface area contributed by atoms with E-state index < -0.39 is 0 Å². The van der Waals surface area contributed by atoms with E-state index in [4.69, 9.17) is 9.15 Å². The summed E-state index contributed by atoms with van der Waals surface area (Å²) in [5, 5.41) is 3.47. The van der Waals surface area contributed by atoms with E-state index in [2.05, 4.69) is 53.0 Å². The van der Waals surface area contributed by atoms with E-state index in [-0.39, 0.29) is 6.04 Å². The Morgan fingerprint density at radius 1 is 1.26 bits per heavy atom. The first kappa shape index (κ1) is 14.6. The number of methoxy groups -OCH3 is 1. The zero-order valence-corrected chi connectivity index (χ0v) is 13.3. The lowest BCUT2D eigenvalue weighted by atomic mass is 10.0. The fourth-order valence-corrected chi connectivity index (χ4v) is 2.75. The summed E-state index contributed by atoms with van der Waals surface area (Å²) in [5.74, 6) is 1.78. The number of ether oxygens (including phenoxy) is 1. The third kappa shape index (κ3) is 3.58. The highest BCUT2D eigenvalue weighted by atomic mass is 127. The van der Waals surface area contributed by atoms with Crippen LogP contribution in [-0.2, 0) is 11.3 Å². The Kier molecular flexibility index (Phi) is 5.42. The molecule has 1 aromatic heterocycles. The first-order valence-electron chi connectivity index (χ1n) is 6.31. The normalized spacial score (nSPS) is 12.6. The van der Waals surface area contributed by atoms with E-state index in [0.717, 1.165) is 18.1 Å². The van der Waals surface area contributed by atoms with Crippen molar-refractivity contribution in [3.63, 3.8) is 0 Å². The predicted molar refractivity (Wildman–Crippen MR) is 84.1 cm³/mol. The number of furan rings is 1. The van der Waals surface area contributed by atoms with E-state index in [1.54, 1.807) is 7.11 Å². The summed E-state index contributed by atoms with van der Waals surface area (Å²) in [5.41, 5.74) is 1.24. The maximum absolute atomic E-state index is 5.86. The molecule has 2 aromatic rings. The van der Waals surface area contributed by atoms with Crippen LogP contribution >= 0.6 is 22.6 Å². The summed E-state index contributed by atoms with van der Waals surface area (Å²) < 4.78 is 12.2. The van der Waals surface area contributed by atoms with Gasteiger partial charge in [-0.1, -0.05) is 25.1 Å². The van der Waals surface area contributed by atoms with Crippen molar-refractivity contribution in [2.75, 3.05) is 13.7 Å². The molecule has 0 fully saturated rings. The summed E-state index contributed by atoms with van der Waals surface area (Å²) in [6.45, 7) is 3.49. The van der Waals surface area contributed by atoms with Gasteiger partial charge in [-0.2, -0.15) is 0 Å². The van der Waals surface area contributed by atoms with Crippen LogP contribution in [0.2, 0.25) is 0 Å². The highest BCUT2D eigenvalue weighted by Crippen LogP contribution is 2.27. The van der Waals surface area contributed by atoms with E-state index in [1.165, 1.54) is 9.13 Å². The van der Waals surface area contributed by atoms with E-state index in [0.29, 0.717) is 6.61 Å². The first-order valence-corrected chi connectivity index (χ1v) is 7.39. The van der Waals surface area contributed by atoms with Gasteiger partial charge >= 0.3 is 0 Å². The molecule has 1 atom stereocenters. The Morgan fingerprint density at radius 2 is 2.05 bits per heavy atom. The maximum Gasteiger partial charge on any atom is 0.129 e. The largest absolute Gasteiger partial charge is 0.462 e. The van der Waals surface area contributed by atoms with Crippen molar-refractivity contribution >= 4 is 22.6 Å². The van der Waals surface area contributed by atoms with E-state index in [1.807, 2.05) is 18.2 Å². The minimum absolute atomic E-state index is 0.0868. The van der Waals surface area contributed by atoms with Crippen molar-refractivity contribution in [2.24, 2.45) is 0 Å². The zero-order chi connectivity index (χ0) is 13.7. The standard InChI is InChI=1S/C15H18INO2/c1-3-17-15(12-6-4-5-7-13(12)16)14-9-8-11(19-14)10-18-2/h4-9,15,17H,3,10H2,1-2H3. The Bertz CT molecular complexity index is 524. The molecule has 1 heterocycles. The molecule has 0 saturated carbocycles. The molecule has 0 aliphatic carbocycles. The van der Waals surface area contributed by atoms with Crippen LogP contribution in [0.25, 0.3) is 0 Å². The molecule has 0 bridgehead atoms. The van der Waals surface area contributed by atoms with Crippen LogP contribution in [0.4, 0.5) is 0 Å². The summed E-state index contributed by atoms with van der Waals surface area (Å²) in [7, 11) is 1.67. The second-order valence-corrected chi connectivity index (χ2v) is 5.41. The summed E-state index contributed by atoms with van der Waals surface area (Å²) in [6.07, 6.45) is 0. The number of benzene rings is 1. The molecule has 0 spiro atoms. The second-order valence-electron chi connectivity index (χ2n) is 4.25. The van der Waals surface area contributed by atoms with E-state index >= 15 is 0 Å². The Morgan fingerprint density at radius 3 is 2.74 bits per heavy atom. The van der Waals surface area contributed by atoms with Gasteiger partial charge in [0.15, 0.2) is 0 Å².